The molecule has 0 fully saturated rings. The third-order valence-corrected chi connectivity index (χ3v) is 2.57. The van der Waals surface area contributed by atoms with Crippen molar-refractivity contribution in [1.82, 2.24) is 10.3 Å². The molecule has 0 bridgehead atoms. The number of hydrogen-bond acceptors (Lipinski definition) is 5. The summed E-state index contributed by atoms with van der Waals surface area (Å²) in [6, 6.07) is 2.23. The van der Waals surface area contributed by atoms with Crippen molar-refractivity contribution in [2.45, 2.75) is 38.6 Å². The number of amides is 1. The van der Waals surface area contributed by atoms with E-state index in [2.05, 4.69) is 15.0 Å². The van der Waals surface area contributed by atoms with Gasteiger partial charge in [-0.15, -0.1) is 0 Å². The normalized spacial score (nSPS) is 13.3. The van der Waals surface area contributed by atoms with Gasteiger partial charge in [-0.2, -0.15) is 13.2 Å². The van der Waals surface area contributed by atoms with Crippen LogP contribution in [-0.4, -0.2) is 43.2 Å². The van der Waals surface area contributed by atoms with Gasteiger partial charge in [0.2, 0.25) is 5.88 Å². The fourth-order valence-electron chi connectivity index (χ4n) is 1.71. The van der Waals surface area contributed by atoms with Gasteiger partial charge in [-0.3, -0.25) is 0 Å². The number of alkyl halides is 3. The summed E-state index contributed by atoms with van der Waals surface area (Å²) in [4.78, 5) is 15.6. The monoisotopic (exact) mass is 350 g/mol. The van der Waals surface area contributed by atoms with Crippen LogP contribution in [0.25, 0.3) is 0 Å². The minimum Gasteiger partial charge on any atom is -0.468 e. The van der Waals surface area contributed by atoms with Crippen molar-refractivity contribution in [2.75, 3.05) is 20.3 Å². The molecule has 0 aromatic carbocycles. The summed E-state index contributed by atoms with van der Waals surface area (Å²) in [5, 5.41) is 2.60. The third kappa shape index (κ3) is 8.00. The minimum absolute atomic E-state index is 0.0992. The van der Waals surface area contributed by atoms with Gasteiger partial charge >= 0.3 is 12.3 Å². The van der Waals surface area contributed by atoms with Gasteiger partial charge in [0.15, 0.2) is 6.61 Å². The second-order valence-electron chi connectivity index (χ2n) is 5.99. The molecule has 1 aromatic heterocycles. The summed E-state index contributed by atoms with van der Waals surface area (Å²) in [5.41, 5.74) is -0.198. The molecular formula is C15H21F3N2O4. The van der Waals surface area contributed by atoms with E-state index in [1.54, 1.807) is 26.8 Å². The molecule has 24 heavy (non-hydrogen) atoms. The predicted molar refractivity (Wildman–Crippen MR) is 79.8 cm³/mol. The van der Waals surface area contributed by atoms with Crippen LogP contribution in [0, 0.1) is 0 Å². The van der Waals surface area contributed by atoms with E-state index in [9.17, 15) is 18.0 Å². The van der Waals surface area contributed by atoms with Crippen LogP contribution in [0.1, 0.15) is 32.4 Å². The number of hydrogen-bond donors (Lipinski definition) is 1. The van der Waals surface area contributed by atoms with Crippen molar-refractivity contribution in [3.05, 3.63) is 23.9 Å². The van der Waals surface area contributed by atoms with Crippen LogP contribution >= 0.6 is 0 Å². The Kier molecular flexibility index (Phi) is 6.82. The molecule has 0 aliphatic carbocycles. The van der Waals surface area contributed by atoms with E-state index in [0.29, 0.717) is 5.56 Å². The molecule has 0 spiro atoms. The zero-order valence-corrected chi connectivity index (χ0v) is 13.9. The molecule has 1 N–H and O–H groups in total. The molecule has 1 heterocycles. The average molecular weight is 350 g/mol. The Hall–Kier alpha value is -2.03. The van der Waals surface area contributed by atoms with Crippen molar-refractivity contribution in [2.24, 2.45) is 0 Å². The molecule has 0 saturated carbocycles. The molecule has 9 heteroatoms. The van der Waals surface area contributed by atoms with Gasteiger partial charge in [0.1, 0.15) is 5.60 Å². The Labute approximate surface area is 138 Å². The number of pyridine rings is 1. The summed E-state index contributed by atoms with van der Waals surface area (Å²) in [5.74, 6) is -0.197. The molecule has 0 aliphatic heterocycles. The second kappa shape index (κ2) is 8.18. The fraction of sp³-hybridized carbons (Fsp3) is 0.600. The quantitative estimate of drug-likeness (QED) is 0.853. The summed E-state index contributed by atoms with van der Waals surface area (Å²) < 4.78 is 51.4. The van der Waals surface area contributed by atoms with Crippen LogP contribution in [0.5, 0.6) is 5.88 Å². The Morgan fingerprint density at radius 2 is 2.00 bits per heavy atom. The number of methoxy groups -OCH3 is 1. The van der Waals surface area contributed by atoms with Gasteiger partial charge in [0, 0.05) is 19.4 Å². The van der Waals surface area contributed by atoms with Crippen LogP contribution in [-0.2, 0) is 9.47 Å². The molecule has 1 atom stereocenters. The molecule has 0 aliphatic rings. The van der Waals surface area contributed by atoms with Crippen LogP contribution in [0.15, 0.2) is 18.3 Å². The molecule has 1 aromatic rings. The summed E-state index contributed by atoms with van der Waals surface area (Å²) >= 11 is 0. The number of carbonyl (C=O) groups excluding carboxylic acids is 1. The van der Waals surface area contributed by atoms with E-state index in [1.807, 2.05) is 0 Å². The molecular weight excluding hydrogens is 329 g/mol. The lowest BCUT2D eigenvalue weighted by Gasteiger charge is -2.23. The Morgan fingerprint density at radius 3 is 2.54 bits per heavy atom. The van der Waals surface area contributed by atoms with Crippen molar-refractivity contribution in [3.63, 3.8) is 0 Å². The van der Waals surface area contributed by atoms with E-state index >= 15 is 0 Å². The molecule has 1 amide bonds. The minimum atomic E-state index is -4.46. The van der Waals surface area contributed by atoms with Crippen LogP contribution in [0.4, 0.5) is 18.0 Å². The number of alkyl carbamates (subject to hydrolysis) is 1. The second-order valence-corrected chi connectivity index (χ2v) is 5.99. The van der Waals surface area contributed by atoms with E-state index < -0.39 is 30.5 Å². The maximum absolute atomic E-state index is 12.2. The smallest absolute Gasteiger partial charge is 0.422 e. The third-order valence-electron chi connectivity index (χ3n) is 2.57. The first kappa shape index (κ1) is 20.0. The number of nitrogens with zero attached hydrogens (tertiary/aromatic N) is 1. The SMILES string of the molecule is COCC(NC(=O)OC(C)(C)C)c1ccnc(OCC(F)(F)F)c1. The fourth-order valence-corrected chi connectivity index (χ4v) is 1.71. The first-order valence-electron chi connectivity index (χ1n) is 7.14. The van der Waals surface area contributed by atoms with E-state index in [4.69, 9.17) is 9.47 Å². The summed E-state index contributed by atoms with van der Waals surface area (Å²) in [7, 11) is 1.44. The Bertz CT molecular complexity index is 544. The number of ether oxygens (including phenoxy) is 3. The highest BCUT2D eigenvalue weighted by Gasteiger charge is 2.29. The van der Waals surface area contributed by atoms with Gasteiger partial charge in [-0.05, 0) is 32.4 Å². The lowest BCUT2D eigenvalue weighted by Crippen LogP contribution is -2.36. The maximum Gasteiger partial charge on any atom is 0.422 e. The van der Waals surface area contributed by atoms with Crippen LogP contribution in [0.2, 0.25) is 0 Å². The predicted octanol–water partition coefficient (Wildman–Crippen LogP) is 3.23. The lowest BCUT2D eigenvalue weighted by atomic mass is 10.1. The zero-order valence-electron chi connectivity index (χ0n) is 13.9. The first-order valence-corrected chi connectivity index (χ1v) is 7.14. The van der Waals surface area contributed by atoms with Crippen molar-refractivity contribution in [1.29, 1.82) is 0 Å². The molecule has 136 valence electrons. The molecule has 0 saturated heterocycles. The van der Waals surface area contributed by atoms with Crippen LogP contribution in [0.3, 0.4) is 0 Å². The molecule has 1 unspecified atom stereocenters. The number of nitrogens with one attached hydrogen (secondary N) is 1. The lowest BCUT2D eigenvalue weighted by molar-refractivity contribution is -0.154. The molecule has 6 nitrogen and oxygen atoms in total. The number of halogens is 3. The van der Waals surface area contributed by atoms with Crippen molar-refractivity contribution in [3.8, 4) is 5.88 Å². The molecule has 0 radical (unpaired) electrons. The van der Waals surface area contributed by atoms with E-state index in [0.717, 1.165) is 0 Å². The van der Waals surface area contributed by atoms with E-state index in [1.165, 1.54) is 19.4 Å². The van der Waals surface area contributed by atoms with Crippen LogP contribution < -0.4 is 10.1 Å². The highest BCUT2D eigenvalue weighted by molar-refractivity contribution is 5.68. The van der Waals surface area contributed by atoms with Gasteiger partial charge in [-0.25, -0.2) is 9.78 Å². The average Bonchev–Trinajstić information content (AvgIpc) is 2.42. The summed E-state index contributed by atoms with van der Waals surface area (Å²) in [6.45, 7) is 3.80. The Balaban J connectivity index is 2.82. The highest BCUT2D eigenvalue weighted by Crippen LogP contribution is 2.21. The number of carbonyl (C=O) groups is 1. The van der Waals surface area contributed by atoms with E-state index in [-0.39, 0.29) is 12.5 Å². The topological polar surface area (TPSA) is 69.7 Å². The van der Waals surface area contributed by atoms with Gasteiger partial charge in [-0.1, -0.05) is 0 Å². The zero-order chi connectivity index (χ0) is 18.4. The molecule has 1 rings (SSSR count). The largest absolute Gasteiger partial charge is 0.468 e. The van der Waals surface area contributed by atoms with Gasteiger partial charge in [0.25, 0.3) is 0 Å². The van der Waals surface area contributed by atoms with Gasteiger partial charge < -0.3 is 19.5 Å². The Morgan fingerprint density at radius 1 is 1.33 bits per heavy atom. The van der Waals surface area contributed by atoms with Crippen molar-refractivity contribution < 1.29 is 32.2 Å². The van der Waals surface area contributed by atoms with Crippen molar-refractivity contribution >= 4 is 6.09 Å². The number of aromatic nitrogens is 1. The highest BCUT2D eigenvalue weighted by atomic mass is 19.4. The van der Waals surface area contributed by atoms with Gasteiger partial charge in [0.05, 0.1) is 12.6 Å². The first-order chi connectivity index (χ1) is 11.0. The summed E-state index contributed by atoms with van der Waals surface area (Å²) in [6.07, 6.45) is -3.84. The number of rotatable bonds is 6. The standard InChI is InChI=1S/C15H21F3N2O4/c1-14(2,3)24-13(21)20-11(8-22-4)10-5-6-19-12(7-10)23-9-15(16,17)18/h5-7,11H,8-9H2,1-4H3,(H,20,21). The maximum atomic E-state index is 12.2.